The maximum absolute atomic E-state index is 9.67. The van der Waals surface area contributed by atoms with Crippen molar-refractivity contribution in [3.63, 3.8) is 0 Å². The van der Waals surface area contributed by atoms with Crippen LogP contribution in [0.15, 0.2) is 0 Å². The van der Waals surface area contributed by atoms with E-state index in [0.29, 0.717) is 24.7 Å². The third-order valence-corrected chi connectivity index (χ3v) is 3.62. The van der Waals surface area contributed by atoms with Crippen molar-refractivity contribution in [1.29, 1.82) is 0 Å². The van der Waals surface area contributed by atoms with Crippen LogP contribution in [-0.2, 0) is 0 Å². The highest BCUT2D eigenvalue weighted by molar-refractivity contribution is 4.63. The minimum Gasteiger partial charge on any atom is -0.393 e. The van der Waals surface area contributed by atoms with E-state index in [1.807, 2.05) is 0 Å². The summed E-state index contributed by atoms with van der Waals surface area (Å²) in [5, 5.41) is 18.7. The molecule has 3 heteroatoms. The van der Waals surface area contributed by atoms with E-state index in [1.54, 1.807) is 0 Å². The fraction of sp³-hybridized carbons (Fsp3) is 1.00. The Hall–Kier alpha value is -0.120. The van der Waals surface area contributed by atoms with E-state index < -0.39 is 6.10 Å². The first-order chi connectivity index (χ1) is 6.78. The Morgan fingerprint density at radius 2 is 1.20 bits per heavy atom. The van der Waals surface area contributed by atoms with Crippen molar-refractivity contribution >= 4 is 0 Å². The lowest BCUT2D eigenvalue weighted by molar-refractivity contribution is -0.987. The molecule has 1 unspecified atom stereocenters. The van der Waals surface area contributed by atoms with Gasteiger partial charge in [-0.25, -0.2) is 0 Å². The summed E-state index contributed by atoms with van der Waals surface area (Å²) in [6.45, 7) is 13.6. The molecule has 3 nitrogen and oxygen atoms in total. The van der Waals surface area contributed by atoms with E-state index in [1.165, 1.54) is 0 Å². The molecule has 0 aromatic heterocycles. The van der Waals surface area contributed by atoms with Crippen LogP contribution in [-0.4, -0.2) is 52.1 Å². The number of aliphatic hydroxyl groups excluding tert-OH is 2. The molecule has 2 N–H and O–H groups in total. The Kier molecular flexibility index (Phi) is 5.78. The Morgan fingerprint density at radius 3 is 1.40 bits per heavy atom. The van der Waals surface area contributed by atoms with Crippen molar-refractivity contribution in [2.24, 2.45) is 0 Å². The highest BCUT2D eigenvalue weighted by Gasteiger charge is 2.39. The van der Waals surface area contributed by atoms with Gasteiger partial charge in [-0.1, -0.05) is 0 Å². The van der Waals surface area contributed by atoms with Gasteiger partial charge in [-0.3, -0.25) is 0 Å². The number of aliphatic hydroxyl groups is 2. The van der Waals surface area contributed by atoms with Gasteiger partial charge in [0, 0.05) is 0 Å². The largest absolute Gasteiger partial charge is 0.393 e. The normalized spacial score (nSPS) is 15.4. The third-order valence-electron chi connectivity index (χ3n) is 3.62. The Labute approximate surface area is 94.3 Å². The Balaban J connectivity index is 4.96. The number of rotatable bonds is 6. The zero-order chi connectivity index (χ0) is 12.2. The molecular formula is C12H28NO2+. The topological polar surface area (TPSA) is 40.5 Å². The molecule has 0 radical (unpaired) electrons. The second-order valence-corrected chi connectivity index (χ2v) is 5.30. The van der Waals surface area contributed by atoms with E-state index in [9.17, 15) is 5.11 Å². The molecule has 0 heterocycles. The summed E-state index contributed by atoms with van der Waals surface area (Å²) in [7, 11) is 0. The van der Waals surface area contributed by atoms with Crippen LogP contribution in [0.2, 0.25) is 0 Å². The second-order valence-electron chi connectivity index (χ2n) is 5.30. The highest BCUT2D eigenvalue weighted by atomic mass is 16.3. The summed E-state index contributed by atoms with van der Waals surface area (Å²) in [6, 6.07) is 1.35. The van der Waals surface area contributed by atoms with Crippen LogP contribution >= 0.6 is 0 Å². The standard InChI is InChI=1S/C12H28NO2/c1-9(2)13(10(3)4,11(5)6)7-12(15)8-14/h9-12,14-15H,7-8H2,1-6H3/q+1. The zero-order valence-corrected chi connectivity index (χ0v) is 11.1. The first-order valence-electron chi connectivity index (χ1n) is 5.95. The first-order valence-corrected chi connectivity index (χ1v) is 5.95. The summed E-state index contributed by atoms with van der Waals surface area (Å²) in [4.78, 5) is 0. The molecule has 0 bridgehead atoms. The Morgan fingerprint density at radius 1 is 0.867 bits per heavy atom. The van der Waals surface area contributed by atoms with Crippen LogP contribution in [0.1, 0.15) is 41.5 Å². The fourth-order valence-electron chi connectivity index (χ4n) is 2.84. The molecule has 0 fully saturated rings. The average molecular weight is 218 g/mol. The van der Waals surface area contributed by atoms with Gasteiger partial charge in [-0.15, -0.1) is 0 Å². The van der Waals surface area contributed by atoms with Gasteiger partial charge in [0.1, 0.15) is 12.6 Å². The lowest BCUT2D eigenvalue weighted by Gasteiger charge is -2.50. The maximum atomic E-state index is 9.67. The van der Waals surface area contributed by atoms with Gasteiger partial charge in [0.15, 0.2) is 0 Å². The molecule has 1 atom stereocenters. The van der Waals surface area contributed by atoms with Crippen molar-refractivity contribution in [3.05, 3.63) is 0 Å². The number of nitrogens with zero attached hydrogens (tertiary/aromatic N) is 1. The SMILES string of the molecule is CC(C)[N+](CC(O)CO)(C(C)C)C(C)C. The van der Waals surface area contributed by atoms with Crippen LogP contribution in [0.3, 0.4) is 0 Å². The van der Waals surface area contributed by atoms with E-state index in [4.69, 9.17) is 5.11 Å². The molecule has 0 aliphatic carbocycles. The van der Waals surface area contributed by atoms with Crippen LogP contribution in [0.25, 0.3) is 0 Å². The number of quaternary nitrogens is 1. The second kappa shape index (κ2) is 5.83. The van der Waals surface area contributed by atoms with Gasteiger partial charge in [-0.05, 0) is 41.5 Å². The van der Waals surface area contributed by atoms with Crippen molar-refractivity contribution < 1.29 is 14.7 Å². The van der Waals surface area contributed by atoms with Gasteiger partial charge < -0.3 is 14.7 Å². The van der Waals surface area contributed by atoms with Crippen LogP contribution in [0.5, 0.6) is 0 Å². The average Bonchev–Trinajstić information content (AvgIpc) is 2.11. The minimum absolute atomic E-state index is 0.147. The monoisotopic (exact) mass is 218 g/mol. The maximum Gasteiger partial charge on any atom is 0.126 e. The molecule has 0 aliphatic heterocycles. The molecule has 0 saturated carbocycles. The minimum atomic E-state index is -0.614. The van der Waals surface area contributed by atoms with E-state index in [0.717, 1.165) is 4.48 Å². The molecule has 0 rings (SSSR count). The van der Waals surface area contributed by atoms with Gasteiger partial charge in [-0.2, -0.15) is 0 Å². The van der Waals surface area contributed by atoms with Crippen LogP contribution < -0.4 is 0 Å². The predicted octanol–water partition coefficient (Wildman–Crippen LogP) is 1.38. The lowest BCUT2D eigenvalue weighted by Crippen LogP contribution is -2.64. The highest BCUT2D eigenvalue weighted by Crippen LogP contribution is 2.24. The quantitative estimate of drug-likeness (QED) is 0.661. The molecule has 0 aromatic carbocycles. The molecule has 15 heavy (non-hydrogen) atoms. The van der Waals surface area contributed by atoms with Crippen LogP contribution in [0, 0.1) is 0 Å². The summed E-state index contributed by atoms with van der Waals surface area (Å²) in [5.74, 6) is 0. The lowest BCUT2D eigenvalue weighted by atomic mass is 10.0. The van der Waals surface area contributed by atoms with Crippen molar-refractivity contribution in [2.75, 3.05) is 13.2 Å². The van der Waals surface area contributed by atoms with Gasteiger partial charge in [0.05, 0.1) is 24.7 Å². The molecule has 0 spiro atoms. The predicted molar refractivity (Wildman–Crippen MR) is 63.6 cm³/mol. The molecule has 0 amide bonds. The first kappa shape index (κ1) is 14.9. The number of hydrogen-bond donors (Lipinski definition) is 2. The summed E-state index contributed by atoms with van der Waals surface area (Å²) in [5.41, 5.74) is 0. The molecular weight excluding hydrogens is 190 g/mol. The smallest absolute Gasteiger partial charge is 0.126 e. The molecule has 0 aromatic rings. The van der Waals surface area contributed by atoms with Gasteiger partial charge >= 0.3 is 0 Å². The third kappa shape index (κ3) is 3.16. The zero-order valence-electron chi connectivity index (χ0n) is 11.1. The van der Waals surface area contributed by atoms with Crippen molar-refractivity contribution in [3.8, 4) is 0 Å². The summed E-state index contributed by atoms with van der Waals surface area (Å²) < 4.78 is 0.849. The van der Waals surface area contributed by atoms with E-state index in [2.05, 4.69) is 41.5 Å². The fourth-order valence-corrected chi connectivity index (χ4v) is 2.84. The van der Waals surface area contributed by atoms with E-state index >= 15 is 0 Å². The van der Waals surface area contributed by atoms with Gasteiger partial charge in [0.2, 0.25) is 0 Å². The Bertz CT molecular complexity index is 157. The molecule has 0 saturated heterocycles. The van der Waals surface area contributed by atoms with Crippen LogP contribution in [0.4, 0.5) is 0 Å². The van der Waals surface area contributed by atoms with Crippen molar-refractivity contribution in [1.82, 2.24) is 0 Å². The van der Waals surface area contributed by atoms with Crippen molar-refractivity contribution in [2.45, 2.75) is 65.8 Å². The molecule has 92 valence electrons. The van der Waals surface area contributed by atoms with Gasteiger partial charge in [0.25, 0.3) is 0 Å². The summed E-state index contributed by atoms with van der Waals surface area (Å²) >= 11 is 0. The summed E-state index contributed by atoms with van der Waals surface area (Å²) in [6.07, 6.45) is -0.614. The van der Waals surface area contributed by atoms with E-state index in [-0.39, 0.29) is 6.61 Å². The number of hydrogen-bond acceptors (Lipinski definition) is 2. The molecule has 0 aliphatic rings.